The molecule has 0 heterocycles. The first-order chi connectivity index (χ1) is 9.60. The number of carbonyl (C=O) groups is 1. The molecule has 1 N–H and O–H groups in total. The molecule has 1 unspecified atom stereocenters. The van der Waals surface area contributed by atoms with Crippen LogP contribution in [0.4, 0.5) is 0 Å². The van der Waals surface area contributed by atoms with Crippen molar-refractivity contribution in [2.24, 2.45) is 5.92 Å². The van der Waals surface area contributed by atoms with Gasteiger partial charge in [-0.25, -0.2) is 4.79 Å². The maximum absolute atomic E-state index is 11.6. The van der Waals surface area contributed by atoms with Crippen LogP contribution in [0.1, 0.15) is 37.9 Å². The smallest absolute Gasteiger partial charge is 0.339 e. The van der Waals surface area contributed by atoms with Gasteiger partial charge >= 0.3 is 5.97 Å². The Balaban J connectivity index is 2.04. The minimum atomic E-state index is -1.28. The number of carbonyl (C=O) groups excluding carboxylic acids is 1. The quantitative estimate of drug-likeness (QED) is 0.806. The normalized spacial score (nSPS) is 16.4. The van der Waals surface area contributed by atoms with Gasteiger partial charge in [0.2, 0.25) is 0 Å². The second-order valence-electron chi connectivity index (χ2n) is 4.98. The predicted molar refractivity (Wildman–Crippen MR) is 78.6 cm³/mol. The SMILES string of the molecule is CCOC(=O)C(O)c1cc(Br)cc(OCC2CCC2)c1. The van der Waals surface area contributed by atoms with E-state index in [2.05, 4.69) is 15.9 Å². The van der Waals surface area contributed by atoms with Gasteiger partial charge in [0.1, 0.15) is 5.75 Å². The maximum atomic E-state index is 11.6. The highest BCUT2D eigenvalue weighted by Crippen LogP contribution is 2.30. The molecule has 1 saturated carbocycles. The van der Waals surface area contributed by atoms with Crippen LogP contribution < -0.4 is 4.74 Å². The van der Waals surface area contributed by atoms with Crippen molar-refractivity contribution in [3.8, 4) is 5.75 Å². The molecule has 0 bridgehead atoms. The summed E-state index contributed by atoms with van der Waals surface area (Å²) in [5.74, 6) is 0.646. The highest BCUT2D eigenvalue weighted by atomic mass is 79.9. The van der Waals surface area contributed by atoms with Crippen LogP contribution in [-0.2, 0) is 9.53 Å². The summed E-state index contributed by atoms with van der Waals surface area (Å²) in [4.78, 5) is 11.6. The van der Waals surface area contributed by atoms with Crippen LogP contribution in [0.25, 0.3) is 0 Å². The van der Waals surface area contributed by atoms with E-state index in [4.69, 9.17) is 9.47 Å². The second-order valence-corrected chi connectivity index (χ2v) is 5.90. The van der Waals surface area contributed by atoms with Crippen LogP contribution >= 0.6 is 15.9 Å². The highest BCUT2D eigenvalue weighted by Gasteiger charge is 2.21. The van der Waals surface area contributed by atoms with Gasteiger partial charge in [0.15, 0.2) is 6.10 Å². The van der Waals surface area contributed by atoms with E-state index in [0.717, 1.165) is 4.47 Å². The van der Waals surface area contributed by atoms with Crippen LogP contribution in [0.2, 0.25) is 0 Å². The molecule has 1 fully saturated rings. The summed E-state index contributed by atoms with van der Waals surface area (Å²) >= 11 is 3.36. The van der Waals surface area contributed by atoms with Crippen molar-refractivity contribution in [1.29, 1.82) is 0 Å². The predicted octanol–water partition coefficient (Wildman–Crippen LogP) is 3.22. The average molecular weight is 343 g/mol. The molecule has 1 aliphatic rings. The lowest BCUT2D eigenvalue weighted by atomic mass is 9.86. The van der Waals surface area contributed by atoms with E-state index in [9.17, 15) is 9.90 Å². The summed E-state index contributed by atoms with van der Waals surface area (Å²) in [5, 5.41) is 9.95. The Morgan fingerprint density at radius 3 is 2.80 bits per heavy atom. The molecule has 20 heavy (non-hydrogen) atoms. The minimum absolute atomic E-state index is 0.245. The molecule has 5 heteroatoms. The van der Waals surface area contributed by atoms with Crippen molar-refractivity contribution in [2.75, 3.05) is 13.2 Å². The molecule has 0 spiro atoms. The third-order valence-electron chi connectivity index (χ3n) is 3.43. The van der Waals surface area contributed by atoms with Gasteiger partial charge in [-0.1, -0.05) is 22.4 Å². The van der Waals surface area contributed by atoms with Crippen molar-refractivity contribution >= 4 is 21.9 Å². The van der Waals surface area contributed by atoms with Crippen molar-refractivity contribution in [3.05, 3.63) is 28.2 Å². The lowest BCUT2D eigenvalue weighted by Gasteiger charge is -2.25. The standard InChI is InChI=1S/C15H19BrO4/c1-2-19-15(18)14(17)11-6-12(16)8-13(7-11)20-9-10-4-3-5-10/h6-8,10,14,17H,2-5,9H2,1H3. The fourth-order valence-corrected chi connectivity index (χ4v) is 2.55. The lowest BCUT2D eigenvalue weighted by Crippen LogP contribution is -2.19. The fraction of sp³-hybridized carbons (Fsp3) is 0.533. The van der Waals surface area contributed by atoms with Crippen LogP contribution in [0.3, 0.4) is 0 Å². The van der Waals surface area contributed by atoms with E-state index < -0.39 is 12.1 Å². The van der Waals surface area contributed by atoms with Crippen LogP contribution in [-0.4, -0.2) is 24.3 Å². The number of rotatable bonds is 6. The van der Waals surface area contributed by atoms with Gasteiger partial charge in [-0.05, 0) is 49.4 Å². The lowest BCUT2D eigenvalue weighted by molar-refractivity contribution is -0.153. The van der Waals surface area contributed by atoms with E-state index in [-0.39, 0.29) is 6.61 Å². The number of esters is 1. The van der Waals surface area contributed by atoms with Crippen molar-refractivity contribution < 1.29 is 19.4 Å². The molecule has 4 nitrogen and oxygen atoms in total. The first kappa shape index (κ1) is 15.3. The Morgan fingerprint density at radius 2 is 2.20 bits per heavy atom. The average Bonchev–Trinajstić information content (AvgIpc) is 2.35. The van der Waals surface area contributed by atoms with Gasteiger partial charge < -0.3 is 14.6 Å². The van der Waals surface area contributed by atoms with Gasteiger partial charge in [-0.3, -0.25) is 0 Å². The van der Waals surface area contributed by atoms with Crippen LogP contribution in [0, 0.1) is 5.92 Å². The molecule has 1 aromatic carbocycles. The molecule has 1 aromatic rings. The van der Waals surface area contributed by atoms with Crippen molar-refractivity contribution in [1.82, 2.24) is 0 Å². The number of halogens is 1. The molecule has 0 radical (unpaired) electrons. The van der Waals surface area contributed by atoms with Gasteiger partial charge in [0, 0.05) is 4.47 Å². The molecular formula is C15H19BrO4. The van der Waals surface area contributed by atoms with E-state index in [1.54, 1.807) is 19.1 Å². The first-order valence-electron chi connectivity index (χ1n) is 6.88. The summed E-state index contributed by atoms with van der Waals surface area (Å²) in [6.07, 6.45) is 2.43. The molecular weight excluding hydrogens is 324 g/mol. The van der Waals surface area contributed by atoms with Gasteiger partial charge in [-0.15, -0.1) is 0 Å². The fourth-order valence-electron chi connectivity index (χ4n) is 2.06. The molecule has 110 valence electrons. The summed E-state index contributed by atoms with van der Waals surface area (Å²) in [7, 11) is 0. The van der Waals surface area contributed by atoms with Crippen molar-refractivity contribution in [3.63, 3.8) is 0 Å². The van der Waals surface area contributed by atoms with Crippen molar-refractivity contribution in [2.45, 2.75) is 32.3 Å². The third-order valence-corrected chi connectivity index (χ3v) is 3.89. The summed E-state index contributed by atoms with van der Waals surface area (Å²) < 4.78 is 11.3. The van der Waals surface area contributed by atoms with E-state index in [1.807, 2.05) is 6.07 Å². The zero-order chi connectivity index (χ0) is 14.5. The maximum Gasteiger partial charge on any atom is 0.339 e. The topological polar surface area (TPSA) is 55.8 Å². The highest BCUT2D eigenvalue weighted by molar-refractivity contribution is 9.10. The number of benzene rings is 1. The summed E-state index contributed by atoms with van der Waals surface area (Å²) in [5.41, 5.74) is 0.474. The second kappa shape index (κ2) is 7.09. The Labute approximate surface area is 127 Å². The van der Waals surface area contributed by atoms with Crippen LogP contribution in [0.15, 0.2) is 22.7 Å². The van der Waals surface area contributed by atoms with Gasteiger partial charge in [-0.2, -0.15) is 0 Å². The minimum Gasteiger partial charge on any atom is -0.493 e. The summed E-state index contributed by atoms with van der Waals surface area (Å²) in [6, 6.07) is 5.21. The molecule has 1 atom stereocenters. The Bertz CT molecular complexity index is 471. The number of aliphatic hydroxyl groups is 1. The molecule has 0 amide bonds. The first-order valence-corrected chi connectivity index (χ1v) is 7.67. The third kappa shape index (κ3) is 3.96. The molecule has 0 aliphatic heterocycles. The molecule has 0 saturated heterocycles. The van der Waals surface area contributed by atoms with E-state index in [0.29, 0.717) is 23.8 Å². The molecule has 0 aromatic heterocycles. The monoisotopic (exact) mass is 342 g/mol. The number of hydrogen-bond donors (Lipinski definition) is 1. The Morgan fingerprint density at radius 1 is 1.45 bits per heavy atom. The summed E-state index contributed by atoms with van der Waals surface area (Å²) in [6.45, 7) is 2.64. The number of hydrogen-bond acceptors (Lipinski definition) is 4. The Hall–Kier alpha value is -1.07. The zero-order valence-corrected chi connectivity index (χ0v) is 13.1. The van der Waals surface area contributed by atoms with E-state index in [1.165, 1.54) is 19.3 Å². The Kier molecular flexibility index (Phi) is 5.43. The largest absolute Gasteiger partial charge is 0.493 e. The number of aliphatic hydroxyl groups excluding tert-OH is 1. The van der Waals surface area contributed by atoms with Gasteiger partial charge in [0.05, 0.1) is 13.2 Å². The molecule has 1 aliphatic carbocycles. The zero-order valence-electron chi connectivity index (χ0n) is 11.5. The number of ether oxygens (including phenoxy) is 2. The molecule has 2 rings (SSSR count). The van der Waals surface area contributed by atoms with Crippen LogP contribution in [0.5, 0.6) is 5.75 Å². The van der Waals surface area contributed by atoms with E-state index >= 15 is 0 Å². The van der Waals surface area contributed by atoms with Gasteiger partial charge in [0.25, 0.3) is 0 Å².